The number of rotatable bonds is 5. The number of hydrogen-bond acceptors (Lipinski definition) is 3. The lowest BCUT2D eigenvalue weighted by Gasteiger charge is -2.12. The number of methoxy groups -OCH3 is 1. The molecule has 0 aromatic heterocycles. The van der Waals surface area contributed by atoms with Gasteiger partial charge in [-0.2, -0.15) is 0 Å². The van der Waals surface area contributed by atoms with Gasteiger partial charge in [-0.15, -0.1) is 8.78 Å². The van der Waals surface area contributed by atoms with Gasteiger partial charge < -0.3 is 5.11 Å². The lowest BCUT2D eigenvalue weighted by molar-refractivity contribution is -0.383. The van der Waals surface area contributed by atoms with Crippen molar-refractivity contribution in [2.24, 2.45) is 0 Å². The molecule has 0 spiro atoms. The van der Waals surface area contributed by atoms with Crippen LogP contribution in [0.25, 0.3) is 0 Å². The predicted molar refractivity (Wildman–Crippen MR) is 29.6 cm³/mol. The molecule has 0 rings (SSSR count). The number of hydrogen-bond donors (Lipinski definition) is 1. The number of aliphatic hydroxyl groups is 1. The van der Waals surface area contributed by atoms with Crippen LogP contribution >= 0.6 is 0 Å². The van der Waals surface area contributed by atoms with Crippen LogP contribution in [0.3, 0.4) is 0 Å². The highest BCUT2D eigenvalue weighted by Crippen LogP contribution is 2.14. The van der Waals surface area contributed by atoms with Crippen LogP contribution in [0.4, 0.5) is 8.78 Å². The largest absolute Gasteiger partial charge is 0.485 e. The summed E-state index contributed by atoms with van der Waals surface area (Å²) in [5, 5.41) is 8.17. The van der Waals surface area contributed by atoms with Crippen molar-refractivity contribution < 1.29 is 23.4 Å². The molecule has 0 radical (unpaired) electrons. The third kappa shape index (κ3) is 4.60. The fraction of sp³-hybridized carbons (Fsp3) is 1.00. The lowest BCUT2D eigenvalue weighted by Crippen LogP contribution is -2.23. The molecule has 0 aromatic rings. The first-order valence-corrected chi connectivity index (χ1v) is 2.80. The number of ether oxygens (including phenoxy) is 2. The molecule has 0 saturated carbocycles. The highest BCUT2D eigenvalue weighted by molar-refractivity contribution is 4.34. The molecule has 10 heavy (non-hydrogen) atoms. The molecule has 0 saturated heterocycles. The standard InChI is InChI=1S/C5H10F2O3/c1-9-5(6,7)10-4-2-3-8/h8H,2-4H2,1H3. The van der Waals surface area contributed by atoms with Gasteiger partial charge in [0.05, 0.1) is 6.61 Å². The van der Waals surface area contributed by atoms with Gasteiger partial charge in [-0.25, -0.2) is 0 Å². The smallest absolute Gasteiger partial charge is 0.396 e. The van der Waals surface area contributed by atoms with Crippen LogP contribution in [0.5, 0.6) is 0 Å². The van der Waals surface area contributed by atoms with E-state index in [4.69, 9.17) is 5.11 Å². The summed E-state index contributed by atoms with van der Waals surface area (Å²) in [4.78, 5) is 0. The van der Waals surface area contributed by atoms with Crippen LogP contribution in [0.2, 0.25) is 0 Å². The summed E-state index contributed by atoms with van der Waals surface area (Å²) in [6, 6.07) is 0. The van der Waals surface area contributed by atoms with Gasteiger partial charge in [-0.3, -0.25) is 9.47 Å². The Labute approximate surface area is 57.6 Å². The molecule has 5 heteroatoms. The summed E-state index contributed by atoms with van der Waals surface area (Å²) < 4.78 is 31.5. The van der Waals surface area contributed by atoms with Gasteiger partial charge >= 0.3 is 6.29 Å². The minimum absolute atomic E-state index is 0.167. The van der Waals surface area contributed by atoms with Crippen molar-refractivity contribution in [2.75, 3.05) is 20.3 Å². The first-order valence-electron chi connectivity index (χ1n) is 2.80. The zero-order valence-electron chi connectivity index (χ0n) is 5.64. The van der Waals surface area contributed by atoms with Gasteiger partial charge in [0.1, 0.15) is 0 Å². The SMILES string of the molecule is COC(F)(F)OCCCO. The Morgan fingerprint density at radius 3 is 2.50 bits per heavy atom. The van der Waals surface area contributed by atoms with E-state index < -0.39 is 6.29 Å². The van der Waals surface area contributed by atoms with Gasteiger partial charge in [-0.05, 0) is 6.42 Å². The van der Waals surface area contributed by atoms with Crippen LogP contribution in [-0.4, -0.2) is 31.7 Å². The van der Waals surface area contributed by atoms with E-state index in [1.807, 2.05) is 0 Å². The van der Waals surface area contributed by atoms with Gasteiger partial charge in [0, 0.05) is 13.7 Å². The molecular formula is C5H10F2O3. The summed E-state index contributed by atoms with van der Waals surface area (Å²) in [7, 11) is 0.846. The van der Waals surface area contributed by atoms with Crippen molar-refractivity contribution in [3.05, 3.63) is 0 Å². The molecule has 0 aromatic carbocycles. The van der Waals surface area contributed by atoms with Crippen molar-refractivity contribution in [1.29, 1.82) is 0 Å². The van der Waals surface area contributed by atoms with Crippen molar-refractivity contribution >= 4 is 0 Å². The van der Waals surface area contributed by atoms with Gasteiger partial charge in [0.2, 0.25) is 0 Å². The normalized spacial score (nSPS) is 12.0. The van der Waals surface area contributed by atoms with Gasteiger partial charge in [0.25, 0.3) is 0 Å². The maximum Gasteiger partial charge on any atom is 0.485 e. The zero-order valence-corrected chi connectivity index (χ0v) is 5.64. The highest BCUT2D eigenvalue weighted by Gasteiger charge is 2.29. The lowest BCUT2D eigenvalue weighted by atomic mass is 10.5. The van der Waals surface area contributed by atoms with E-state index in [9.17, 15) is 8.78 Å². The zero-order chi connectivity index (χ0) is 8.04. The molecule has 0 unspecified atom stereocenters. The predicted octanol–water partition coefficient (Wildman–Crippen LogP) is 0.582. The second kappa shape index (κ2) is 4.54. The quantitative estimate of drug-likeness (QED) is 0.467. The summed E-state index contributed by atoms with van der Waals surface area (Å²) in [6.07, 6.45) is -3.34. The van der Waals surface area contributed by atoms with E-state index >= 15 is 0 Å². The second-order valence-corrected chi connectivity index (χ2v) is 1.59. The van der Waals surface area contributed by atoms with Crippen molar-refractivity contribution in [3.63, 3.8) is 0 Å². The minimum Gasteiger partial charge on any atom is -0.396 e. The Kier molecular flexibility index (Phi) is 4.42. The number of halogens is 2. The Morgan fingerprint density at radius 1 is 1.50 bits per heavy atom. The molecule has 62 valence electrons. The van der Waals surface area contributed by atoms with E-state index in [0.29, 0.717) is 0 Å². The van der Waals surface area contributed by atoms with Crippen LogP contribution in [0.15, 0.2) is 0 Å². The second-order valence-electron chi connectivity index (χ2n) is 1.59. The molecule has 0 heterocycles. The summed E-state index contributed by atoms with van der Waals surface area (Å²) in [5.41, 5.74) is 0. The third-order valence-electron chi connectivity index (χ3n) is 0.810. The monoisotopic (exact) mass is 156 g/mol. The fourth-order valence-corrected chi connectivity index (χ4v) is 0.314. The number of alkyl halides is 2. The van der Waals surface area contributed by atoms with E-state index in [-0.39, 0.29) is 19.6 Å². The molecule has 0 aliphatic heterocycles. The Balaban J connectivity index is 3.28. The van der Waals surface area contributed by atoms with Crippen molar-refractivity contribution in [2.45, 2.75) is 12.7 Å². The summed E-state index contributed by atoms with van der Waals surface area (Å²) in [5.74, 6) is 0. The Morgan fingerprint density at radius 2 is 2.10 bits per heavy atom. The molecular weight excluding hydrogens is 146 g/mol. The third-order valence-corrected chi connectivity index (χ3v) is 0.810. The summed E-state index contributed by atoms with van der Waals surface area (Å²) in [6.45, 7) is -0.378. The molecule has 0 aliphatic rings. The molecule has 0 atom stereocenters. The van der Waals surface area contributed by atoms with Crippen molar-refractivity contribution in [3.8, 4) is 0 Å². The molecule has 3 nitrogen and oxygen atoms in total. The Hall–Kier alpha value is -0.260. The van der Waals surface area contributed by atoms with E-state index in [1.54, 1.807) is 0 Å². The molecule has 1 N–H and O–H groups in total. The molecule has 0 amide bonds. The maximum atomic E-state index is 12.0. The van der Waals surface area contributed by atoms with Gasteiger partial charge in [0.15, 0.2) is 0 Å². The fourth-order valence-electron chi connectivity index (χ4n) is 0.314. The number of aliphatic hydroxyl groups excluding tert-OH is 1. The first-order chi connectivity index (χ1) is 4.62. The maximum absolute atomic E-state index is 12.0. The van der Waals surface area contributed by atoms with Crippen LogP contribution in [-0.2, 0) is 9.47 Å². The van der Waals surface area contributed by atoms with E-state index in [2.05, 4.69) is 9.47 Å². The minimum atomic E-state index is -3.52. The van der Waals surface area contributed by atoms with Crippen molar-refractivity contribution in [1.82, 2.24) is 0 Å². The van der Waals surface area contributed by atoms with Crippen LogP contribution < -0.4 is 0 Å². The van der Waals surface area contributed by atoms with Gasteiger partial charge in [-0.1, -0.05) is 0 Å². The van der Waals surface area contributed by atoms with Crippen LogP contribution in [0.1, 0.15) is 6.42 Å². The first kappa shape index (κ1) is 9.74. The highest BCUT2D eigenvalue weighted by atomic mass is 19.3. The average molecular weight is 156 g/mol. The molecule has 0 aliphatic carbocycles. The summed E-state index contributed by atoms with van der Waals surface area (Å²) >= 11 is 0. The van der Waals surface area contributed by atoms with E-state index in [0.717, 1.165) is 7.11 Å². The van der Waals surface area contributed by atoms with Crippen LogP contribution in [0, 0.1) is 0 Å². The topological polar surface area (TPSA) is 38.7 Å². The van der Waals surface area contributed by atoms with E-state index in [1.165, 1.54) is 0 Å². The average Bonchev–Trinajstić information content (AvgIpc) is 1.89. The molecule has 0 fully saturated rings. The molecule has 0 bridgehead atoms. The Bertz CT molecular complexity index is 87.0.